The van der Waals surface area contributed by atoms with E-state index >= 15 is 0 Å². The van der Waals surface area contributed by atoms with E-state index < -0.39 is 0 Å². The van der Waals surface area contributed by atoms with Gasteiger partial charge in [-0.1, -0.05) is 442 Å². The fourth-order valence-corrected chi connectivity index (χ4v) is 17.0. The summed E-state index contributed by atoms with van der Waals surface area (Å²) in [7, 11) is 0. The van der Waals surface area contributed by atoms with Gasteiger partial charge in [0.1, 0.15) is 0 Å². The zero-order chi connectivity index (χ0) is 75.9. The number of benzene rings is 20. The van der Waals surface area contributed by atoms with Crippen LogP contribution < -0.4 is 0 Å². The van der Waals surface area contributed by atoms with E-state index in [0.717, 1.165) is 0 Å². The molecule has 534 valence electrons. The summed E-state index contributed by atoms with van der Waals surface area (Å²) in [6.07, 6.45) is 0. The maximum atomic E-state index is 2.31. The van der Waals surface area contributed by atoms with E-state index in [-0.39, 0.29) is 10.8 Å². The van der Waals surface area contributed by atoms with Crippen molar-refractivity contribution in [2.45, 2.75) is 52.4 Å². The third-order valence-corrected chi connectivity index (χ3v) is 22.8. The maximum absolute atomic E-state index is 2.31. The van der Waals surface area contributed by atoms with Crippen LogP contribution in [0.4, 0.5) is 0 Å². The van der Waals surface area contributed by atoms with Crippen molar-refractivity contribution in [3.63, 3.8) is 0 Å². The Kier molecular flexibility index (Phi) is 18.7. The Labute approximate surface area is 657 Å². The molecular weight excluding hydrogens is 1350 g/mol. The summed E-state index contributed by atoms with van der Waals surface area (Å²) >= 11 is 0. The van der Waals surface area contributed by atoms with E-state index in [1.807, 2.05) is 0 Å². The summed E-state index contributed by atoms with van der Waals surface area (Å²) in [5.41, 5.74) is 25.8. The molecule has 112 heavy (non-hydrogen) atoms. The van der Waals surface area contributed by atoms with E-state index in [2.05, 4.69) is 454 Å². The van der Waals surface area contributed by atoms with Crippen LogP contribution in [0.5, 0.6) is 0 Å². The molecular formula is C112H86. The predicted molar refractivity (Wildman–Crippen MR) is 486 cm³/mol. The molecule has 0 aliphatic carbocycles. The lowest BCUT2D eigenvalue weighted by Gasteiger charge is -2.20. The topological polar surface area (TPSA) is 0 Å². The van der Waals surface area contributed by atoms with E-state index in [1.54, 1.807) is 0 Å². The van der Waals surface area contributed by atoms with Crippen molar-refractivity contribution < 1.29 is 0 Å². The van der Waals surface area contributed by atoms with Gasteiger partial charge in [0, 0.05) is 0 Å². The SMILES string of the molecule is CC(C)(C)c1ccc(-c2ccc(-c3ccc(-c4ccc(C(C)(C)C)cc4)c4ccccc34)c3ccccc23)cc1.c1ccc(-c2ccc(-c3ccc(-c4ccccc4)c4ccccc34)c3ccccc23)cc1.c1ccc2cc(-c3ccc(-c4ccc(-c5ccc6ccccc6c5)c5ccccc45)c4ccccc34)ccc2c1. The van der Waals surface area contributed by atoms with Gasteiger partial charge < -0.3 is 0 Å². The Bertz CT molecular complexity index is 6480. The number of rotatable bonds is 9. The van der Waals surface area contributed by atoms with Gasteiger partial charge >= 0.3 is 0 Å². The predicted octanol–water partition coefficient (Wildman–Crippen LogP) is 31.9. The van der Waals surface area contributed by atoms with Crippen LogP contribution >= 0.6 is 0 Å². The highest BCUT2D eigenvalue weighted by Crippen LogP contribution is 2.46. The van der Waals surface area contributed by atoms with Crippen molar-refractivity contribution in [3.05, 3.63) is 424 Å². The van der Waals surface area contributed by atoms with Crippen LogP contribution in [0.2, 0.25) is 0 Å². The van der Waals surface area contributed by atoms with E-state index in [4.69, 9.17) is 0 Å². The van der Waals surface area contributed by atoms with Gasteiger partial charge in [0.25, 0.3) is 0 Å². The first-order chi connectivity index (χ1) is 54.8. The normalized spacial score (nSPS) is 11.7. The van der Waals surface area contributed by atoms with Crippen LogP contribution in [-0.4, -0.2) is 0 Å². The third kappa shape index (κ3) is 13.6. The summed E-state index contributed by atoms with van der Waals surface area (Å²) in [4.78, 5) is 0. The molecule has 0 atom stereocenters. The van der Waals surface area contributed by atoms with E-state index in [0.29, 0.717) is 0 Å². The largest absolute Gasteiger partial charge is 0.0622 e. The van der Waals surface area contributed by atoms with Gasteiger partial charge in [-0.05, 0) is 220 Å². The molecule has 0 aliphatic rings. The van der Waals surface area contributed by atoms with Gasteiger partial charge in [0.15, 0.2) is 0 Å². The fourth-order valence-electron chi connectivity index (χ4n) is 17.0. The molecule has 0 saturated carbocycles. The quantitative estimate of drug-likeness (QED) is 0.135. The van der Waals surface area contributed by atoms with E-state index in [9.17, 15) is 0 Å². The first kappa shape index (κ1) is 70.2. The molecule has 0 heteroatoms. The summed E-state index contributed by atoms with van der Waals surface area (Å²) in [6, 6.07) is 151. The average Bonchev–Trinajstić information content (AvgIpc) is 0.770. The lowest BCUT2D eigenvalue weighted by atomic mass is 9.84. The number of fused-ring (bicyclic) bond motifs is 8. The van der Waals surface area contributed by atoms with Gasteiger partial charge in [-0.15, -0.1) is 0 Å². The lowest BCUT2D eigenvalue weighted by molar-refractivity contribution is 0.590. The third-order valence-electron chi connectivity index (χ3n) is 22.8. The molecule has 0 nitrogen and oxygen atoms in total. The van der Waals surface area contributed by atoms with Crippen LogP contribution in [-0.2, 0) is 10.8 Å². The number of hydrogen-bond acceptors (Lipinski definition) is 0. The molecule has 0 saturated heterocycles. The highest BCUT2D eigenvalue weighted by Gasteiger charge is 2.21. The maximum Gasteiger partial charge on any atom is -0.00987 e. The molecule has 20 aromatic carbocycles. The monoisotopic (exact) mass is 1430 g/mol. The van der Waals surface area contributed by atoms with E-state index in [1.165, 1.54) is 197 Å². The number of hydrogen-bond donors (Lipinski definition) is 0. The molecule has 0 N–H and O–H groups in total. The van der Waals surface area contributed by atoms with Crippen molar-refractivity contribution in [1.82, 2.24) is 0 Å². The minimum Gasteiger partial charge on any atom is -0.0622 e. The second-order valence-electron chi connectivity index (χ2n) is 31.7. The van der Waals surface area contributed by atoms with Crippen molar-refractivity contribution >= 4 is 86.2 Å². The molecule has 0 unspecified atom stereocenters. The van der Waals surface area contributed by atoms with Crippen molar-refractivity contribution in [3.8, 4) is 100 Å². The molecule has 0 heterocycles. The molecule has 20 aromatic rings. The minimum absolute atomic E-state index is 0.145. The summed E-state index contributed by atoms with van der Waals surface area (Å²) < 4.78 is 0. The zero-order valence-electron chi connectivity index (χ0n) is 64.3. The van der Waals surface area contributed by atoms with Gasteiger partial charge in [-0.2, -0.15) is 0 Å². The average molecular weight is 1430 g/mol. The molecule has 0 bridgehead atoms. The highest BCUT2D eigenvalue weighted by atomic mass is 14.2. The van der Waals surface area contributed by atoms with Crippen LogP contribution in [0.25, 0.3) is 186 Å². The summed E-state index contributed by atoms with van der Waals surface area (Å²) in [5.74, 6) is 0. The Morgan fingerprint density at radius 1 is 0.125 bits per heavy atom. The van der Waals surface area contributed by atoms with Crippen LogP contribution in [0, 0.1) is 0 Å². The molecule has 0 aliphatic heterocycles. The fraction of sp³-hybridized carbons (Fsp3) is 0.0714. The molecule has 0 spiro atoms. The van der Waals surface area contributed by atoms with Gasteiger partial charge in [-0.25, -0.2) is 0 Å². The van der Waals surface area contributed by atoms with Crippen LogP contribution in [0.3, 0.4) is 0 Å². The second-order valence-corrected chi connectivity index (χ2v) is 31.7. The Morgan fingerprint density at radius 3 is 0.527 bits per heavy atom. The van der Waals surface area contributed by atoms with Crippen LogP contribution in [0.15, 0.2) is 413 Å². The van der Waals surface area contributed by atoms with Gasteiger partial charge in [0.05, 0.1) is 0 Å². The Hall–Kier alpha value is -13.5. The first-order valence-electron chi connectivity index (χ1n) is 39.3. The van der Waals surface area contributed by atoms with Crippen molar-refractivity contribution in [2.75, 3.05) is 0 Å². The first-order valence-corrected chi connectivity index (χ1v) is 39.3. The molecule has 0 amide bonds. The summed E-state index contributed by atoms with van der Waals surface area (Å²) in [5, 5.41) is 20.5. The van der Waals surface area contributed by atoms with Crippen molar-refractivity contribution in [2.24, 2.45) is 0 Å². The van der Waals surface area contributed by atoms with Crippen molar-refractivity contribution in [1.29, 1.82) is 0 Å². The molecule has 0 radical (unpaired) electrons. The Morgan fingerprint density at radius 2 is 0.295 bits per heavy atom. The second kappa shape index (κ2) is 29.8. The summed E-state index contributed by atoms with van der Waals surface area (Å²) in [6.45, 7) is 13.6. The molecule has 20 rings (SSSR count). The Balaban J connectivity index is 0.000000118. The molecule has 0 fully saturated rings. The van der Waals surface area contributed by atoms with Crippen LogP contribution in [0.1, 0.15) is 52.7 Å². The minimum atomic E-state index is 0.145. The van der Waals surface area contributed by atoms with Gasteiger partial charge in [-0.3, -0.25) is 0 Å². The highest BCUT2D eigenvalue weighted by molar-refractivity contribution is 6.16. The smallest absolute Gasteiger partial charge is 0.00987 e. The zero-order valence-corrected chi connectivity index (χ0v) is 64.3. The van der Waals surface area contributed by atoms with Gasteiger partial charge in [0.2, 0.25) is 0 Å². The lowest BCUT2D eigenvalue weighted by Crippen LogP contribution is -2.10. The molecule has 0 aromatic heterocycles. The standard InChI is InChI=1S/C40H26.C40H38.C32H22/c1-3-11-29-25-31(19-17-27(29)9-1)33-21-23-39(37-15-7-5-13-35(33)37)40-24-22-34(36-14-6-8-16-38(36)40)32-20-18-28-10-2-4-12-30(28)26-32;1-39(2,3)29-19-15-27(16-20-29)31-23-25-37(35-13-9-7-11-33(31)35)38-26-24-32(34-12-8-10-14-36(34)38)28-17-21-30(22-18-28)40(4,5)6;1-3-11-23(12-4-1)25-19-21-31(29-17-9-7-15-27(25)29)32-22-20-26(24-13-5-2-6-14-24)28-16-8-10-18-30(28)32/h1-26H;7-26H,1-6H3;1-22H.